The Bertz CT molecular complexity index is 1030. The first-order chi connectivity index (χ1) is 14.2. The maximum atomic E-state index is 6.09. The van der Waals surface area contributed by atoms with Gasteiger partial charge in [-0.15, -0.1) is 11.8 Å². The molecular formula is C22H24N4O2S. The van der Waals surface area contributed by atoms with Gasteiger partial charge in [-0.25, -0.2) is 0 Å². The Morgan fingerprint density at radius 3 is 2.86 bits per heavy atom. The van der Waals surface area contributed by atoms with E-state index in [9.17, 15) is 0 Å². The number of thioether (sulfide) groups is 1. The summed E-state index contributed by atoms with van der Waals surface area (Å²) in [7, 11) is 0. The zero-order valence-electron chi connectivity index (χ0n) is 16.4. The van der Waals surface area contributed by atoms with Crippen molar-refractivity contribution in [1.29, 1.82) is 0 Å². The predicted molar refractivity (Wildman–Crippen MR) is 119 cm³/mol. The van der Waals surface area contributed by atoms with E-state index in [1.54, 1.807) is 12.4 Å². The Labute approximate surface area is 174 Å². The minimum absolute atomic E-state index is 0.366. The fraction of sp³-hybridized carbons (Fsp3) is 0.364. The quantitative estimate of drug-likeness (QED) is 0.633. The number of nitrogens with zero attached hydrogens (tertiary/aromatic N) is 2. The number of H-pyrrole nitrogens is 1. The minimum Gasteiger partial charge on any atom is -0.456 e. The second-order valence-electron chi connectivity index (χ2n) is 7.53. The molecule has 1 fully saturated rings. The molecule has 1 saturated heterocycles. The number of ether oxygens (including phenoxy) is 2. The van der Waals surface area contributed by atoms with Crippen molar-refractivity contribution in [3.05, 3.63) is 48.4 Å². The van der Waals surface area contributed by atoms with Crippen LogP contribution in [0.2, 0.25) is 0 Å². The van der Waals surface area contributed by atoms with E-state index in [1.165, 1.54) is 0 Å². The van der Waals surface area contributed by atoms with Crippen molar-refractivity contribution in [2.75, 3.05) is 24.3 Å². The number of anilines is 1. The maximum absolute atomic E-state index is 6.09. The molecule has 0 saturated carbocycles. The summed E-state index contributed by atoms with van der Waals surface area (Å²) >= 11 is 1.81. The Kier molecular flexibility index (Phi) is 5.16. The van der Waals surface area contributed by atoms with Crippen LogP contribution in [0.15, 0.2) is 47.7 Å². The van der Waals surface area contributed by atoms with Crippen LogP contribution in [0.4, 0.5) is 5.69 Å². The van der Waals surface area contributed by atoms with Crippen LogP contribution >= 0.6 is 11.8 Å². The van der Waals surface area contributed by atoms with Gasteiger partial charge in [-0.1, -0.05) is 0 Å². The minimum atomic E-state index is 0.366. The highest BCUT2D eigenvalue weighted by Gasteiger charge is 2.20. The molecule has 6 nitrogen and oxygen atoms in total. The number of hydrogen-bond acceptors (Lipinski definition) is 6. The monoisotopic (exact) mass is 408 g/mol. The lowest BCUT2D eigenvalue weighted by Crippen LogP contribution is -2.27. The van der Waals surface area contributed by atoms with Crippen molar-refractivity contribution in [1.82, 2.24) is 9.97 Å². The van der Waals surface area contributed by atoms with Crippen LogP contribution < -0.4 is 10.1 Å². The van der Waals surface area contributed by atoms with Gasteiger partial charge in [0.15, 0.2) is 0 Å². The standard InChI is InChI=1S/C22H24N4O2S/c1-14-13-29-22(24-14)20-10-15-9-18(28-17-3-2-6-23-12-17)11-19(21(15)26-20)25-16-4-7-27-8-5-16/h2-3,6,9-12,14,16,25-26H,4-5,7-8,13H2,1H3/t14-/m1/s1. The van der Waals surface area contributed by atoms with Crippen LogP contribution in [0, 0.1) is 0 Å². The van der Waals surface area contributed by atoms with Gasteiger partial charge in [0.2, 0.25) is 0 Å². The van der Waals surface area contributed by atoms with E-state index in [0.29, 0.717) is 12.1 Å². The number of hydrogen-bond donors (Lipinski definition) is 2. The molecule has 0 amide bonds. The highest BCUT2D eigenvalue weighted by Crippen LogP contribution is 2.35. The second-order valence-corrected chi connectivity index (χ2v) is 8.54. The average molecular weight is 409 g/mol. The van der Waals surface area contributed by atoms with Crippen LogP contribution in [0.5, 0.6) is 11.5 Å². The van der Waals surface area contributed by atoms with E-state index in [-0.39, 0.29) is 0 Å². The summed E-state index contributed by atoms with van der Waals surface area (Å²) in [4.78, 5) is 12.5. The number of rotatable bonds is 5. The van der Waals surface area contributed by atoms with Crippen LogP contribution in [0.3, 0.4) is 0 Å². The molecule has 1 atom stereocenters. The topological polar surface area (TPSA) is 71.5 Å². The molecule has 0 radical (unpaired) electrons. The molecule has 2 aromatic heterocycles. The third-order valence-electron chi connectivity index (χ3n) is 5.18. The zero-order valence-corrected chi connectivity index (χ0v) is 17.2. The number of benzene rings is 1. The predicted octanol–water partition coefficient (Wildman–Crippen LogP) is 4.83. The molecular weight excluding hydrogens is 384 g/mol. The van der Waals surface area contributed by atoms with Crippen molar-refractivity contribution in [3.63, 3.8) is 0 Å². The summed E-state index contributed by atoms with van der Waals surface area (Å²) in [5.74, 6) is 2.55. The van der Waals surface area contributed by atoms with Crippen molar-refractivity contribution < 1.29 is 9.47 Å². The molecule has 3 aromatic rings. The molecule has 2 aliphatic rings. The van der Waals surface area contributed by atoms with E-state index in [1.807, 2.05) is 23.9 Å². The van der Waals surface area contributed by atoms with Crippen LogP contribution in [-0.2, 0) is 4.74 Å². The van der Waals surface area contributed by atoms with Crippen LogP contribution in [0.1, 0.15) is 25.5 Å². The molecule has 150 valence electrons. The number of nitrogens with one attached hydrogen (secondary N) is 2. The van der Waals surface area contributed by atoms with Gasteiger partial charge in [0.05, 0.1) is 29.1 Å². The molecule has 7 heteroatoms. The van der Waals surface area contributed by atoms with Crippen LogP contribution in [-0.4, -0.2) is 46.1 Å². The third-order valence-corrected chi connectivity index (χ3v) is 6.43. The lowest BCUT2D eigenvalue weighted by molar-refractivity contribution is 0.0905. The average Bonchev–Trinajstić information content (AvgIpc) is 3.36. The smallest absolute Gasteiger partial charge is 0.145 e. The first-order valence-electron chi connectivity index (χ1n) is 10.0. The van der Waals surface area contributed by atoms with Crippen LogP contribution in [0.25, 0.3) is 10.9 Å². The number of aromatic nitrogens is 2. The summed E-state index contributed by atoms with van der Waals surface area (Å²) in [6.07, 6.45) is 5.48. The van der Waals surface area contributed by atoms with Gasteiger partial charge in [-0.3, -0.25) is 9.98 Å². The zero-order chi connectivity index (χ0) is 19.6. The molecule has 0 bridgehead atoms. The lowest BCUT2D eigenvalue weighted by atomic mass is 10.1. The van der Waals surface area contributed by atoms with E-state index in [4.69, 9.17) is 14.5 Å². The summed E-state index contributed by atoms with van der Waals surface area (Å²) in [5.41, 5.74) is 3.21. The normalized spacial score (nSPS) is 20.0. The van der Waals surface area contributed by atoms with Crippen molar-refractivity contribution in [2.45, 2.75) is 31.8 Å². The molecule has 29 heavy (non-hydrogen) atoms. The molecule has 5 rings (SSSR count). The van der Waals surface area contributed by atoms with Gasteiger partial charge in [-0.2, -0.15) is 0 Å². The van der Waals surface area contributed by atoms with Crippen molar-refractivity contribution >= 4 is 33.4 Å². The van der Waals surface area contributed by atoms with E-state index in [0.717, 1.165) is 70.6 Å². The van der Waals surface area contributed by atoms with E-state index >= 15 is 0 Å². The van der Waals surface area contributed by atoms with Gasteiger partial charge >= 0.3 is 0 Å². The summed E-state index contributed by atoms with van der Waals surface area (Å²) in [5, 5.41) is 5.90. The lowest BCUT2D eigenvalue weighted by Gasteiger charge is -2.24. The van der Waals surface area contributed by atoms with Gasteiger partial charge < -0.3 is 19.8 Å². The largest absolute Gasteiger partial charge is 0.456 e. The number of aromatic amines is 1. The molecule has 2 N–H and O–H groups in total. The van der Waals surface area contributed by atoms with Gasteiger partial charge in [0.25, 0.3) is 0 Å². The fourth-order valence-corrected chi connectivity index (χ4v) is 4.73. The maximum Gasteiger partial charge on any atom is 0.145 e. The highest BCUT2D eigenvalue weighted by molar-refractivity contribution is 8.14. The number of pyridine rings is 1. The van der Waals surface area contributed by atoms with E-state index in [2.05, 4.69) is 40.4 Å². The molecule has 0 unspecified atom stereocenters. The molecule has 4 heterocycles. The summed E-state index contributed by atoms with van der Waals surface area (Å²) in [6, 6.07) is 10.9. The summed E-state index contributed by atoms with van der Waals surface area (Å²) < 4.78 is 11.6. The summed E-state index contributed by atoms with van der Waals surface area (Å²) in [6.45, 7) is 3.75. The first-order valence-corrected chi connectivity index (χ1v) is 11.0. The Morgan fingerprint density at radius 1 is 1.21 bits per heavy atom. The number of aliphatic imine (C=N–C) groups is 1. The van der Waals surface area contributed by atoms with E-state index < -0.39 is 0 Å². The first kappa shape index (κ1) is 18.5. The Morgan fingerprint density at radius 2 is 2.10 bits per heavy atom. The van der Waals surface area contributed by atoms with Gasteiger partial charge in [0, 0.05) is 42.7 Å². The van der Waals surface area contributed by atoms with Crippen molar-refractivity contribution in [3.8, 4) is 11.5 Å². The molecule has 0 aliphatic carbocycles. The second kappa shape index (κ2) is 8.08. The SMILES string of the molecule is C[C@@H]1CSC(c2cc3cc(Oc4cccnc4)cc(NC4CCOCC4)c3[nH]2)=N1. The van der Waals surface area contributed by atoms with Gasteiger partial charge in [0.1, 0.15) is 16.5 Å². The van der Waals surface area contributed by atoms with Crippen molar-refractivity contribution in [2.24, 2.45) is 4.99 Å². The molecule has 2 aliphatic heterocycles. The number of fused-ring (bicyclic) bond motifs is 1. The highest BCUT2D eigenvalue weighted by atomic mass is 32.2. The van der Waals surface area contributed by atoms with Gasteiger partial charge in [-0.05, 0) is 44.0 Å². The Hall–Kier alpha value is -2.51. The molecule has 1 aromatic carbocycles. The fourth-order valence-electron chi connectivity index (χ4n) is 3.73. The molecule has 0 spiro atoms. The Balaban J connectivity index is 1.52. The third kappa shape index (κ3) is 4.11.